The Balaban J connectivity index is 1.96. The molecule has 0 bridgehead atoms. The van der Waals surface area contributed by atoms with Crippen molar-refractivity contribution in [1.29, 1.82) is 0 Å². The molecule has 0 unspecified atom stereocenters. The highest BCUT2D eigenvalue weighted by molar-refractivity contribution is 7.18. The van der Waals surface area contributed by atoms with Crippen LogP contribution in [-0.4, -0.2) is 21.7 Å². The molecule has 0 saturated carbocycles. The van der Waals surface area contributed by atoms with Crippen molar-refractivity contribution in [2.24, 2.45) is 0 Å². The van der Waals surface area contributed by atoms with Crippen LogP contribution in [0.3, 0.4) is 0 Å². The van der Waals surface area contributed by atoms with Gasteiger partial charge in [-0.2, -0.15) is 0 Å². The van der Waals surface area contributed by atoms with E-state index in [4.69, 9.17) is 4.74 Å². The molecule has 2 aromatic heterocycles. The summed E-state index contributed by atoms with van der Waals surface area (Å²) in [6.07, 6.45) is 1.29. The van der Waals surface area contributed by atoms with Crippen molar-refractivity contribution < 1.29 is 9.53 Å². The minimum atomic E-state index is -0.487. The fourth-order valence-electron chi connectivity index (χ4n) is 1.35. The van der Waals surface area contributed by atoms with Crippen LogP contribution < -0.4 is 5.32 Å². The van der Waals surface area contributed by atoms with E-state index in [1.165, 1.54) is 11.3 Å². The molecular weight excluding hydrogens is 250 g/mol. The average Bonchev–Trinajstić information content (AvgIpc) is 2.66. The number of carbonyl (C=O) groups excluding carboxylic acids is 1. The Morgan fingerprint density at radius 1 is 1.50 bits per heavy atom. The summed E-state index contributed by atoms with van der Waals surface area (Å²) >= 11 is 1.46. The molecule has 0 atom stereocenters. The van der Waals surface area contributed by atoms with Crippen molar-refractivity contribution in [3.05, 3.63) is 23.3 Å². The lowest BCUT2D eigenvalue weighted by molar-refractivity contribution is 0.0523. The third-order valence-corrected chi connectivity index (χ3v) is 2.97. The number of amides is 1. The van der Waals surface area contributed by atoms with E-state index in [9.17, 15) is 4.79 Å². The number of hydrogen-bond donors (Lipinski definition) is 1. The zero-order valence-corrected chi connectivity index (χ0v) is 11.4. The molecule has 1 amide bonds. The van der Waals surface area contributed by atoms with Crippen LogP contribution in [0, 0.1) is 0 Å². The summed E-state index contributed by atoms with van der Waals surface area (Å²) in [5.41, 5.74) is 0.364. The minimum Gasteiger partial charge on any atom is -0.444 e. The lowest BCUT2D eigenvalue weighted by atomic mass is 10.2. The molecule has 0 aromatic carbocycles. The predicted molar refractivity (Wildman–Crippen MR) is 70.5 cm³/mol. The normalized spacial score (nSPS) is 11.5. The molecule has 6 heteroatoms. The molecule has 1 N–H and O–H groups in total. The quantitative estimate of drug-likeness (QED) is 0.906. The molecular formula is C12H15N3O2S. The van der Waals surface area contributed by atoms with Crippen LogP contribution in [0.1, 0.15) is 25.8 Å². The maximum Gasteiger partial charge on any atom is 0.408 e. The summed E-state index contributed by atoms with van der Waals surface area (Å²) in [7, 11) is 0. The molecule has 0 aliphatic carbocycles. The summed E-state index contributed by atoms with van der Waals surface area (Å²) in [5.74, 6) is 0. The van der Waals surface area contributed by atoms with Crippen LogP contribution >= 0.6 is 11.3 Å². The van der Waals surface area contributed by atoms with Gasteiger partial charge in [-0.25, -0.2) is 14.8 Å². The molecule has 2 heterocycles. The van der Waals surface area contributed by atoms with Gasteiger partial charge in [-0.1, -0.05) is 11.3 Å². The van der Waals surface area contributed by atoms with E-state index in [-0.39, 0.29) is 0 Å². The van der Waals surface area contributed by atoms with Gasteiger partial charge in [0.2, 0.25) is 0 Å². The Bertz CT molecular complexity index is 527. The number of ether oxygens (including phenoxy) is 1. The first-order valence-electron chi connectivity index (χ1n) is 5.61. The minimum absolute atomic E-state index is 0.357. The second-order valence-electron chi connectivity index (χ2n) is 4.79. The molecule has 0 spiro atoms. The van der Waals surface area contributed by atoms with Gasteiger partial charge in [-0.3, -0.25) is 0 Å². The van der Waals surface area contributed by atoms with Crippen LogP contribution in [-0.2, 0) is 11.3 Å². The van der Waals surface area contributed by atoms with E-state index in [2.05, 4.69) is 15.3 Å². The van der Waals surface area contributed by atoms with E-state index in [1.54, 1.807) is 6.20 Å². The van der Waals surface area contributed by atoms with Gasteiger partial charge in [0.15, 0.2) is 0 Å². The van der Waals surface area contributed by atoms with E-state index in [1.807, 2.05) is 32.9 Å². The van der Waals surface area contributed by atoms with Crippen molar-refractivity contribution in [3.8, 4) is 0 Å². The van der Waals surface area contributed by atoms with E-state index >= 15 is 0 Å². The van der Waals surface area contributed by atoms with Crippen LogP contribution in [0.15, 0.2) is 18.3 Å². The number of alkyl carbamates (subject to hydrolysis) is 1. The van der Waals surface area contributed by atoms with E-state index in [0.29, 0.717) is 6.54 Å². The maximum absolute atomic E-state index is 11.5. The molecule has 0 saturated heterocycles. The van der Waals surface area contributed by atoms with Gasteiger partial charge in [0.25, 0.3) is 0 Å². The Morgan fingerprint density at radius 3 is 2.94 bits per heavy atom. The monoisotopic (exact) mass is 265 g/mol. The fraction of sp³-hybridized carbons (Fsp3) is 0.417. The average molecular weight is 265 g/mol. The predicted octanol–water partition coefficient (Wildman–Crippen LogP) is 2.72. The third kappa shape index (κ3) is 3.40. The molecule has 2 aromatic rings. The second-order valence-corrected chi connectivity index (χ2v) is 5.85. The van der Waals surface area contributed by atoms with Gasteiger partial charge >= 0.3 is 6.09 Å². The molecule has 18 heavy (non-hydrogen) atoms. The van der Waals surface area contributed by atoms with Crippen LogP contribution in [0.2, 0.25) is 0 Å². The number of nitrogens with zero attached hydrogens (tertiary/aromatic N) is 2. The smallest absolute Gasteiger partial charge is 0.408 e. The Morgan fingerprint density at radius 2 is 2.28 bits per heavy atom. The number of nitrogens with one attached hydrogen (secondary N) is 1. The van der Waals surface area contributed by atoms with Crippen molar-refractivity contribution in [2.75, 3.05) is 0 Å². The first kappa shape index (κ1) is 12.8. The van der Waals surface area contributed by atoms with Gasteiger partial charge in [0.05, 0.1) is 6.54 Å². The fourth-order valence-corrected chi connectivity index (χ4v) is 2.20. The van der Waals surface area contributed by atoms with Crippen LogP contribution in [0.4, 0.5) is 4.79 Å². The van der Waals surface area contributed by atoms with E-state index < -0.39 is 11.7 Å². The first-order chi connectivity index (χ1) is 8.44. The van der Waals surface area contributed by atoms with Gasteiger partial charge in [-0.15, -0.1) is 0 Å². The highest BCUT2D eigenvalue weighted by Crippen LogP contribution is 2.18. The number of rotatable bonds is 2. The van der Waals surface area contributed by atoms with E-state index in [0.717, 1.165) is 15.4 Å². The molecule has 0 aliphatic heterocycles. The molecule has 5 nitrogen and oxygen atoms in total. The summed E-state index contributed by atoms with van der Waals surface area (Å²) in [4.78, 5) is 20.9. The van der Waals surface area contributed by atoms with Crippen LogP contribution in [0.25, 0.3) is 10.3 Å². The largest absolute Gasteiger partial charge is 0.444 e. The SMILES string of the molecule is CC(C)(C)OC(=O)NCc1nc2cccnc2s1. The van der Waals surface area contributed by atoms with Gasteiger partial charge in [0, 0.05) is 6.20 Å². The Labute approximate surface area is 109 Å². The Hall–Kier alpha value is -1.69. The van der Waals surface area contributed by atoms with Crippen molar-refractivity contribution in [3.63, 3.8) is 0 Å². The number of carbonyl (C=O) groups is 1. The molecule has 2 rings (SSSR count). The summed E-state index contributed by atoms with van der Waals surface area (Å²) < 4.78 is 5.14. The Kier molecular flexibility index (Phi) is 3.47. The number of aromatic nitrogens is 2. The standard InChI is InChI=1S/C12H15N3O2S/c1-12(2,3)17-11(16)14-7-9-15-8-5-4-6-13-10(8)18-9/h4-6H,7H2,1-3H3,(H,14,16). The number of thiazole rings is 1. The van der Waals surface area contributed by atoms with Crippen molar-refractivity contribution in [1.82, 2.24) is 15.3 Å². The lowest BCUT2D eigenvalue weighted by Gasteiger charge is -2.19. The number of pyridine rings is 1. The molecule has 0 radical (unpaired) electrons. The van der Waals surface area contributed by atoms with Gasteiger partial charge in [-0.05, 0) is 32.9 Å². The maximum atomic E-state index is 11.5. The van der Waals surface area contributed by atoms with Crippen LogP contribution in [0.5, 0.6) is 0 Å². The van der Waals surface area contributed by atoms with Gasteiger partial charge in [0.1, 0.15) is 21.0 Å². The number of fused-ring (bicyclic) bond motifs is 1. The summed E-state index contributed by atoms with van der Waals surface area (Å²) in [6, 6.07) is 3.74. The molecule has 0 fully saturated rings. The zero-order valence-electron chi connectivity index (χ0n) is 10.6. The van der Waals surface area contributed by atoms with Crippen molar-refractivity contribution >= 4 is 27.8 Å². The summed E-state index contributed by atoms with van der Waals surface area (Å²) in [6.45, 7) is 5.84. The molecule has 96 valence electrons. The lowest BCUT2D eigenvalue weighted by Crippen LogP contribution is -2.32. The third-order valence-electron chi connectivity index (χ3n) is 1.99. The second kappa shape index (κ2) is 4.89. The summed E-state index contributed by atoms with van der Waals surface area (Å²) in [5, 5.41) is 3.49. The highest BCUT2D eigenvalue weighted by atomic mass is 32.1. The topological polar surface area (TPSA) is 64.1 Å². The zero-order chi connectivity index (χ0) is 13.2. The van der Waals surface area contributed by atoms with Gasteiger partial charge < -0.3 is 10.1 Å². The molecule has 0 aliphatic rings. The van der Waals surface area contributed by atoms with Crippen molar-refractivity contribution in [2.45, 2.75) is 32.9 Å². The highest BCUT2D eigenvalue weighted by Gasteiger charge is 2.16. The first-order valence-corrected chi connectivity index (χ1v) is 6.43. The number of hydrogen-bond acceptors (Lipinski definition) is 5.